The topological polar surface area (TPSA) is 15.3 Å². The van der Waals surface area contributed by atoms with Gasteiger partial charge in [-0.1, -0.05) is 44.2 Å². The van der Waals surface area contributed by atoms with Gasteiger partial charge in [0.25, 0.3) is 0 Å². The van der Waals surface area contributed by atoms with Gasteiger partial charge in [-0.25, -0.2) is 0 Å². The Morgan fingerprint density at radius 1 is 1.29 bits per heavy atom. The Hall–Kier alpha value is -0.510. The third-order valence-electron chi connectivity index (χ3n) is 4.77. The van der Waals surface area contributed by atoms with Gasteiger partial charge in [-0.15, -0.1) is 0 Å². The highest BCUT2D eigenvalue weighted by molar-refractivity contribution is 7.99. The lowest BCUT2D eigenvalue weighted by atomic mass is 9.90. The number of piperazine rings is 1. The number of thioether (sulfide) groups is 1. The van der Waals surface area contributed by atoms with Gasteiger partial charge in [0, 0.05) is 37.0 Å². The summed E-state index contributed by atoms with van der Waals surface area (Å²) < 4.78 is 0. The molecule has 118 valence electrons. The Morgan fingerprint density at radius 2 is 2.05 bits per heavy atom. The molecule has 2 atom stereocenters. The number of nitrogens with zero attached hydrogens (tertiary/aromatic N) is 1. The lowest BCUT2D eigenvalue weighted by Crippen LogP contribution is -2.63. The fourth-order valence-electron chi connectivity index (χ4n) is 3.09. The predicted molar refractivity (Wildman–Crippen MR) is 95.2 cm³/mol. The van der Waals surface area contributed by atoms with E-state index in [1.807, 2.05) is 0 Å². The zero-order valence-electron chi connectivity index (χ0n) is 13.8. The molecule has 0 bridgehead atoms. The standard InChI is InChI=1S/C18H30N2S/c1-4-18(3)15-19-17(13-16-9-7-6-8-10-16)14-20(18)11-12-21-5-2/h6-10,17,19H,4-5,11-15H2,1-3H3. The smallest absolute Gasteiger partial charge is 0.0304 e. The molecule has 0 spiro atoms. The second kappa shape index (κ2) is 8.21. The normalized spacial score (nSPS) is 26.9. The second-order valence-corrected chi connectivity index (χ2v) is 7.65. The molecular weight excluding hydrogens is 276 g/mol. The summed E-state index contributed by atoms with van der Waals surface area (Å²) in [7, 11) is 0. The van der Waals surface area contributed by atoms with Gasteiger partial charge in [-0.2, -0.15) is 11.8 Å². The Kier molecular flexibility index (Phi) is 6.59. The number of benzene rings is 1. The molecule has 0 aliphatic carbocycles. The zero-order chi connectivity index (χ0) is 15.1. The maximum Gasteiger partial charge on any atom is 0.0304 e. The number of rotatable bonds is 7. The Bertz CT molecular complexity index is 409. The highest BCUT2D eigenvalue weighted by Crippen LogP contribution is 2.24. The first kappa shape index (κ1) is 16.9. The van der Waals surface area contributed by atoms with Crippen molar-refractivity contribution in [2.24, 2.45) is 0 Å². The molecule has 1 aliphatic rings. The van der Waals surface area contributed by atoms with Crippen molar-refractivity contribution in [2.75, 3.05) is 31.1 Å². The minimum absolute atomic E-state index is 0.321. The van der Waals surface area contributed by atoms with Crippen LogP contribution in [0.1, 0.15) is 32.8 Å². The number of nitrogens with one attached hydrogen (secondary N) is 1. The van der Waals surface area contributed by atoms with Crippen molar-refractivity contribution in [3.05, 3.63) is 35.9 Å². The Morgan fingerprint density at radius 3 is 2.71 bits per heavy atom. The van der Waals surface area contributed by atoms with Crippen LogP contribution in [0, 0.1) is 0 Å². The van der Waals surface area contributed by atoms with E-state index in [1.54, 1.807) is 0 Å². The van der Waals surface area contributed by atoms with Crippen LogP contribution in [0.15, 0.2) is 30.3 Å². The second-order valence-electron chi connectivity index (χ2n) is 6.26. The molecular formula is C18H30N2S. The van der Waals surface area contributed by atoms with E-state index in [-0.39, 0.29) is 0 Å². The van der Waals surface area contributed by atoms with Crippen molar-refractivity contribution in [1.82, 2.24) is 10.2 Å². The van der Waals surface area contributed by atoms with Gasteiger partial charge in [0.15, 0.2) is 0 Å². The van der Waals surface area contributed by atoms with Crippen LogP contribution in [0.2, 0.25) is 0 Å². The molecule has 2 nitrogen and oxygen atoms in total. The van der Waals surface area contributed by atoms with Crippen molar-refractivity contribution >= 4 is 11.8 Å². The zero-order valence-corrected chi connectivity index (χ0v) is 14.6. The molecule has 0 saturated carbocycles. The fourth-order valence-corrected chi connectivity index (χ4v) is 3.73. The van der Waals surface area contributed by atoms with Crippen LogP contribution in [-0.2, 0) is 6.42 Å². The van der Waals surface area contributed by atoms with Crippen LogP contribution in [-0.4, -0.2) is 47.6 Å². The first-order valence-electron chi connectivity index (χ1n) is 8.28. The highest BCUT2D eigenvalue weighted by atomic mass is 32.2. The summed E-state index contributed by atoms with van der Waals surface area (Å²) in [4.78, 5) is 2.72. The van der Waals surface area contributed by atoms with Crippen LogP contribution < -0.4 is 5.32 Å². The first-order chi connectivity index (χ1) is 10.2. The van der Waals surface area contributed by atoms with E-state index in [9.17, 15) is 0 Å². The Labute approximate surface area is 134 Å². The summed E-state index contributed by atoms with van der Waals surface area (Å²) >= 11 is 2.06. The molecule has 1 heterocycles. The molecule has 0 radical (unpaired) electrons. The quantitative estimate of drug-likeness (QED) is 0.777. The lowest BCUT2D eigenvalue weighted by molar-refractivity contribution is 0.0554. The molecule has 1 aromatic rings. The third kappa shape index (κ3) is 4.73. The van der Waals surface area contributed by atoms with Crippen LogP contribution in [0.5, 0.6) is 0 Å². The van der Waals surface area contributed by atoms with E-state index in [0.29, 0.717) is 11.6 Å². The highest BCUT2D eigenvalue weighted by Gasteiger charge is 2.35. The van der Waals surface area contributed by atoms with Crippen LogP contribution in [0.25, 0.3) is 0 Å². The van der Waals surface area contributed by atoms with Gasteiger partial charge in [-0.05, 0) is 31.1 Å². The van der Waals surface area contributed by atoms with E-state index in [4.69, 9.17) is 0 Å². The number of hydrogen-bond acceptors (Lipinski definition) is 3. The molecule has 0 amide bonds. The molecule has 1 aromatic carbocycles. The SMILES string of the molecule is CCSCCN1CC(Cc2ccccc2)NCC1(C)CC. The first-order valence-corrected chi connectivity index (χ1v) is 9.43. The average Bonchev–Trinajstić information content (AvgIpc) is 2.52. The summed E-state index contributed by atoms with van der Waals surface area (Å²) in [5.74, 6) is 2.48. The van der Waals surface area contributed by atoms with Gasteiger partial charge in [0.05, 0.1) is 0 Å². The predicted octanol–water partition coefficient (Wildman–Crippen LogP) is 3.42. The van der Waals surface area contributed by atoms with Crippen molar-refractivity contribution < 1.29 is 0 Å². The van der Waals surface area contributed by atoms with Crippen LogP contribution in [0.3, 0.4) is 0 Å². The van der Waals surface area contributed by atoms with Gasteiger partial charge in [0.1, 0.15) is 0 Å². The van der Waals surface area contributed by atoms with E-state index in [2.05, 4.69) is 73.1 Å². The minimum Gasteiger partial charge on any atom is -0.311 e. The van der Waals surface area contributed by atoms with Crippen molar-refractivity contribution in [3.8, 4) is 0 Å². The van der Waals surface area contributed by atoms with Gasteiger partial charge in [0.2, 0.25) is 0 Å². The van der Waals surface area contributed by atoms with Gasteiger partial charge < -0.3 is 5.32 Å². The largest absolute Gasteiger partial charge is 0.311 e. The molecule has 2 unspecified atom stereocenters. The maximum atomic E-state index is 3.78. The molecule has 1 saturated heterocycles. The molecule has 21 heavy (non-hydrogen) atoms. The molecule has 0 aromatic heterocycles. The summed E-state index contributed by atoms with van der Waals surface area (Å²) in [5.41, 5.74) is 1.76. The number of hydrogen-bond donors (Lipinski definition) is 1. The van der Waals surface area contributed by atoms with Crippen molar-refractivity contribution in [1.29, 1.82) is 0 Å². The van der Waals surface area contributed by atoms with Crippen molar-refractivity contribution in [2.45, 2.75) is 45.2 Å². The molecule has 3 heteroatoms. The lowest BCUT2D eigenvalue weighted by Gasteiger charge is -2.48. The molecule has 1 fully saturated rings. The fraction of sp³-hybridized carbons (Fsp3) is 0.667. The summed E-state index contributed by atoms with van der Waals surface area (Å²) in [6.45, 7) is 10.5. The van der Waals surface area contributed by atoms with Gasteiger partial charge in [-0.3, -0.25) is 4.90 Å². The van der Waals surface area contributed by atoms with E-state index >= 15 is 0 Å². The van der Waals surface area contributed by atoms with Crippen LogP contribution >= 0.6 is 11.8 Å². The van der Waals surface area contributed by atoms with Crippen molar-refractivity contribution in [3.63, 3.8) is 0 Å². The molecule has 1 N–H and O–H groups in total. The van der Waals surface area contributed by atoms with Crippen LogP contribution in [0.4, 0.5) is 0 Å². The monoisotopic (exact) mass is 306 g/mol. The minimum atomic E-state index is 0.321. The van der Waals surface area contributed by atoms with E-state index in [0.717, 1.165) is 13.0 Å². The van der Waals surface area contributed by atoms with E-state index < -0.39 is 0 Å². The third-order valence-corrected chi connectivity index (χ3v) is 5.65. The summed E-state index contributed by atoms with van der Waals surface area (Å²) in [6, 6.07) is 11.5. The van der Waals surface area contributed by atoms with Gasteiger partial charge >= 0.3 is 0 Å². The molecule has 1 aliphatic heterocycles. The Balaban J connectivity index is 1.94. The maximum absolute atomic E-state index is 3.78. The summed E-state index contributed by atoms with van der Waals surface area (Å²) in [6.07, 6.45) is 2.35. The average molecular weight is 307 g/mol. The van der Waals surface area contributed by atoms with E-state index in [1.165, 1.54) is 36.6 Å². The summed E-state index contributed by atoms with van der Waals surface area (Å²) in [5, 5.41) is 3.78. The molecule has 2 rings (SSSR count).